The summed E-state index contributed by atoms with van der Waals surface area (Å²) in [5.41, 5.74) is 1.24. The van der Waals surface area contributed by atoms with Crippen molar-refractivity contribution in [3.8, 4) is 0 Å². The summed E-state index contributed by atoms with van der Waals surface area (Å²) in [5, 5.41) is 0. The van der Waals surface area contributed by atoms with E-state index in [1.165, 1.54) is 28.6 Å². The second-order valence-corrected chi connectivity index (χ2v) is 8.91. The summed E-state index contributed by atoms with van der Waals surface area (Å²) in [6, 6.07) is 11.1. The highest BCUT2D eigenvalue weighted by molar-refractivity contribution is 7.89. The van der Waals surface area contributed by atoms with E-state index in [0.29, 0.717) is 16.6 Å². The Morgan fingerprint density at radius 3 is 2.55 bits per heavy atom. The predicted molar refractivity (Wildman–Crippen MR) is 108 cm³/mol. The van der Waals surface area contributed by atoms with Crippen LogP contribution in [0.15, 0.2) is 53.4 Å². The number of fused-ring (bicyclic) bond motifs is 1. The maximum Gasteiger partial charge on any atom is 0.246 e. The summed E-state index contributed by atoms with van der Waals surface area (Å²) in [5.74, 6) is -0.686. The van der Waals surface area contributed by atoms with Gasteiger partial charge in [0.1, 0.15) is 21.7 Å². The molecule has 4 rings (SSSR count). The molecule has 1 fully saturated rings. The van der Waals surface area contributed by atoms with E-state index in [9.17, 15) is 17.6 Å². The lowest BCUT2D eigenvalue weighted by atomic mass is 10.2. The molecule has 29 heavy (non-hydrogen) atoms. The molecule has 2 heterocycles. The van der Waals surface area contributed by atoms with Gasteiger partial charge in [0.05, 0.1) is 11.7 Å². The van der Waals surface area contributed by atoms with Crippen molar-refractivity contribution in [2.75, 3.05) is 26.2 Å². The van der Waals surface area contributed by atoms with Crippen LogP contribution in [0, 0.1) is 5.82 Å². The first-order valence-electron chi connectivity index (χ1n) is 8.90. The first kappa shape index (κ1) is 19.6. The van der Waals surface area contributed by atoms with Crippen LogP contribution in [-0.2, 0) is 14.8 Å². The molecule has 0 aliphatic carbocycles. The number of halogens is 1. The number of sulfonamides is 1. The summed E-state index contributed by atoms with van der Waals surface area (Å²) in [6.45, 7) is 0.862. The molecule has 0 spiro atoms. The Hall–Kier alpha value is -2.69. The number of hydrogen-bond acceptors (Lipinski definition) is 6. The standard InChI is InChI=1S/C19H17FN4O3S2/c20-15-5-2-1-4-14(15)8-9-18(25)23-10-12-24(13-11-23)29(26,27)17-7-3-6-16-19(17)22-28-21-16/h1-9H,10-13H2/b9-8+. The van der Waals surface area contributed by atoms with Crippen molar-refractivity contribution < 1.29 is 17.6 Å². The molecule has 3 aromatic rings. The van der Waals surface area contributed by atoms with Gasteiger partial charge in [0.2, 0.25) is 15.9 Å². The summed E-state index contributed by atoms with van der Waals surface area (Å²) < 4.78 is 49.3. The van der Waals surface area contributed by atoms with E-state index in [-0.39, 0.29) is 37.0 Å². The normalized spacial score (nSPS) is 16.0. The predicted octanol–water partition coefficient (Wildman–Crippen LogP) is 2.38. The highest BCUT2D eigenvalue weighted by atomic mass is 32.2. The van der Waals surface area contributed by atoms with Crippen LogP contribution >= 0.6 is 11.7 Å². The number of rotatable bonds is 4. The largest absolute Gasteiger partial charge is 0.337 e. The Labute approximate surface area is 171 Å². The van der Waals surface area contributed by atoms with Gasteiger partial charge in [-0.05, 0) is 24.3 Å². The van der Waals surface area contributed by atoms with Crippen molar-refractivity contribution in [2.45, 2.75) is 4.90 Å². The van der Waals surface area contributed by atoms with Gasteiger partial charge in [0, 0.05) is 37.8 Å². The van der Waals surface area contributed by atoms with E-state index in [1.807, 2.05) is 0 Å². The van der Waals surface area contributed by atoms with Gasteiger partial charge in [0.25, 0.3) is 0 Å². The van der Waals surface area contributed by atoms with Gasteiger partial charge in [-0.25, -0.2) is 12.8 Å². The Balaban J connectivity index is 1.44. The summed E-state index contributed by atoms with van der Waals surface area (Å²) >= 11 is 0.969. The minimum atomic E-state index is -3.74. The van der Waals surface area contributed by atoms with Crippen LogP contribution in [0.1, 0.15) is 5.56 Å². The molecule has 1 saturated heterocycles. The van der Waals surface area contributed by atoms with Crippen LogP contribution in [0.4, 0.5) is 4.39 Å². The molecule has 0 N–H and O–H groups in total. The van der Waals surface area contributed by atoms with Crippen LogP contribution in [0.2, 0.25) is 0 Å². The Kier molecular flexibility index (Phi) is 5.39. The fourth-order valence-electron chi connectivity index (χ4n) is 3.15. The van der Waals surface area contributed by atoms with Crippen molar-refractivity contribution in [3.05, 3.63) is 59.9 Å². The molecule has 1 aromatic heterocycles. The van der Waals surface area contributed by atoms with Crippen LogP contribution < -0.4 is 0 Å². The number of hydrogen-bond donors (Lipinski definition) is 0. The van der Waals surface area contributed by atoms with Gasteiger partial charge >= 0.3 is 0 Å². The monoisotopic (exact) mass is 432 g/mol. The summed E-state index contributed by atoms with van der Waals surface area (Å²) in [4.78, 5) is 14.1. The number of nitrogens with zero attached hydrogens (tertiary/aromatic N) is 4. The Bertz CT molecular complexity index is 1180. The zero-order valence-electron chi connectivity index (χ0n) is 15.2. The summed E-state index contributed by atoms with van der Waals surface area (Å²) in [6.07, 6.45) is 2.74. The number of amides is 1. The number of piperazine rings is 1. The van der Waals surface area contributed by atoms with E-state index >= 15 is 0 Å². The van der Waals surface area contributed by atoms with E-state index in [2.05, 4.69) is 8.75 Å². The van der Waals surface area contributed by atoms with Crippen molar-refractivity contribution in [1.29, 1.82) is 0 Å². The third-order valence-corrected chi connectivity index (χ3v) is 7.20. The highest BCUT2D eigenvalue weighted by Gasteiger charge is 2.31. The average Bonchev–Trinajstić information content (AvgIpc) is 3.22. The van der Waals surface area contributed by atoms with Gasteiger partial charge in [0.15, 0.2) is 0 Å². The van der Waals surface area contributed by atoms with Crippen LogP contribution in [-0.4, -0.2) is 58.5 Å². The highest BCUT2D eigenvalue weighted by Crippen LogP contribution is 2.25. The molecule has 0 saturated carbocycles. The second-order valence-electron chi connectivity index (χ2n) is 6.47. The molecule has 2 aromatic carbocycles. The molecule has 1 amide bonds. The van der Waals surface area contributed by atoms with E-state index in [4.69, 9.17) is 0 Å². The van der Waals surface area contributed by atoms with Crippen molar-refractivity contribution in [2.24, 2.45) is 0 Å². The van der Waals surface area contributed by atoms with Crippen molar-refractivity contribution >= 4 is 44.8 Å². The third kappa shape index (κ3) is 3.91. The number of carbonyl (C=O) groups excluding carboxylic acids is 1. The first-order valence-corrected chi connectivity index (χ1v) is 11.1. The average molecular weight is 433 g/mol. The number of benzene rings is 2. The maximum absolute atomic E-state index is 13.7. The van der Waals surface area contributed by atoms with E-state index in [1.54, 1.807) is 35.2 Å². The lowest BCUT2D eigenvalue weighted by Gasteiger charge is -2.33. The molecule has 0 unspecified atom stereocenters. The molecule has 1 aliphatic heterocycles. The molecule has 10 heteroatoms. The SMILES string of the molecule is O=C(/C=C/c1ccccc1F)N1CCN(S(=O)(=O)c2cccc3nsnc23)CC1. The zero-order valence-corrected chi connectivity index (χ0v) is 16.9. The maximum atomic E-state index is 13.7. The fourth-order valence-corrected chi connectivity index (χ4v) is 5.33. The van der Waals surface area contributed by atoms with E-state index in [0.717, 1.165) is 11.7 Å². The van der Waals surface area contributed by atoms with Gasteiger partial charge in [-0.1, -0.05) is 24.3 Å². The lowest BCUT2D eigenvalue weighted by Crippen LogP contribution is -2.50. The molecular weight excluding hydrogens is 415 g/mol. The molecule has 0 atom stereocenters. The van der Waals surface area contributed by atoms with Gasteiger partial charge < -0.3 is 4.90 Å². The lowest BCUT2D eigenvalue weighted by molar-refractivity contribution is -0.127. The zero-order chi connectivity index (χ0) is 20.4. The van der Waals surface area contributed by atoms with Gasteiger partial charge in [-0.15, -0.1) is 0 Å². The number of carbonyl (C=O) groups is 1. The Morgan fingerprint density at radius 2 is 1.79 bits per heavy atom. The topological polar surface area (TPSA) is 83.5 Å². The molecule has 1 aliphatic rings. The van der Waals surface area contributed by atoms with Gasteiger partial charge in [-0.2, -0.15) is 13.1 Å². The number of aromatic nitrogens is 2. The Morgan fingerprint density at radius 1 is 1.03 bits per heavy atom. The van der Waals surface area contributed by atoms with Crippen LogP contribution in [0.25, 0.3) is 17.1 Å². The molecule has 0 radical (unpaired) electrons. The van der Waals surface area contributed by atoms with Crippen molar-refractivity contribution in [1.82, 2.24) is 18.0 Å². The first-order chi connectivity index (χ1) is 14.0. The minimum absolute atomic E-state index is 0.128. The quantitative estimate of drug-likeness (QED) is 0.591. The van der Waals surface area contributed by atoms with Crippen LogP contribution in [0.3, 0.4) is 0 Å². The molecule has 0 bridgehead atoms. The molecule has 150 valence electrons. The van der Waals surface area contributed by atoms with Crippen LogP contribution in [0.5, 0.6) is 0 Å². The molecule has 7 nitrogen and oxygen atoms in total. The smallest absolute Gasteiger partial charge is 0.246 e. The summed E-state index contributed by atoms with van der Waals surface area (Å²) in [7, 11) is -3.74. The van der Waals surface area contributed by atoms with Gasteiger partial charge in [-0.3, -0.25) is 4.79 Å². The van der Waals surface area contributed by atoms with Crippen molar-refractivity contribution in [3.63, 3.8) is 0 Å². The van der Waals surface area contributed by atoms with E-state index < -0.39 is 15.8 Å². The molecular formula is C19H17FN4O3S2. The minimum Gasteiger partial charge on any atom is -0.337 e. The third-order valence-electron chi connectivity index (χ3n) is 4.73. The fraction of sp³-hybridized carbons (Fsp3) is 0.211. The second kappa shape index (κ2) is 7.97.